The van der Waals surface area contributed by atoms with Crippen LogP contribution < -0.4 is 11.3 Å². The molecule has 4 rings (SSSR count). The Labute approximate surface area is 160 Å². The molecule has 0 aliphatic rings. The number of fused-ring (bicyclic) bond motifs is 3. The van der Waals surface area contributed by atoms with Crippen molar-refractivity contribution in [3.8, 4) is 11.1 Å². The molecule has 0 aliphatic heterocycles. The van der Waals surface area contributed by atoms with Gasteiger partial charge in [-0.3, -0.25) is 9.78 Å². The van der Waals surface area contributed by atoms with E-state index in [-0.39, 0.29) is 18.1 Å². The summed E-state index contributed by atoms with van der Waals surface area (Å²) >= 11 is 1.42. The number of H-pyrrole nitrogens is 1. The second kappa shape index (κ2) is 6.88. The molecule has 1 aromatic carbocycles. The van der Waals surface area contributed by atoms with Crippen molar-refractivity contribution in [1.82, 2.24) is 9.97 Å². The van der Waals surface area contributed by atoms with Gasteiger partial charge in [-0.15, -0.1) is 11.3 Å². The Bertz CT molecular complexity index is 1190. The zero-order valence-electron chi connectivity index (χ0n) is 15.2. The number of nitrogens with zero attached hydrogens (tertiary/aromatic N) is 1. The van der Waals surface area contributed by atoms with Gasteiger partial charge in [-0.25, -0.2) is 0 Å². The predicted octanol–water partition coefficient (Wildman–Crippen LogP) is 3.67. The van der Waals surface area contributed by atoms with Crippen LogP contribution >= 0.6 is 11.3 Å². The first-order valence-corrected chi connectivity index (χ1v) is 9.77. The molecule has 0 unspecified atom stereocenters. The molecule has 0 saturated heterocycles. The number of benzene rings is 1. The Kier molecular flexibility index (Phi) is 4.55. The van der Waals surface area contributed by atoms with Crippen LogP contribution in [0.5, 0.6) is 0 Å². The summed E-state index contributed by atoms with van der Waals surface area (Å²) in [6, 6.07) is 10.2. The molecular weight excluding hydrogens is 358 g/mol. The fraction of sp³-hybridized carbons (Fsp3) is 0.238. The molecule has 0 fully saturated rings. The van der Waals surface area contributed by atoms with E-state index >= 15 is 0 Å². The van der Waals surface area contributed by atoms with Crippen molar-refractivity contribution in [3.05, 3.63) is 63.0 Å². The standard InChI is InChI=1S/C21H21N3O2S/c1-11(9-22)13-3-5-14(6-4-13)17-16(10-25)23-12(2)19-18(17)15-7-8-27-20(15)21(26)24-19/h3-8,11,25H,9-10,22H2,1-2H3,(H,24,26)/t11-/m0/s1. The minimum atomic E-state index is -0.169. The topological polar surface area (TPSA) is 92.0 Å². The lowest BCUT2D eigenvalue weighted by molar-refractivity contribution is 0.277. The first-order chi connectivity index (χ1) is 13.0. The van der Waals surface area contributed by atoms with Crippen molar-refractivity contribution >= 4 is 32.3 Å². The quantitative estimate of drug-likeness (QED) is 0.504. The van der Waals surface area contributed by atoms with Crippen molar-refractivity contribution in [2.45, 2.75) is 26.4 Å². The van der Waals surface area contributed by atoms with Crippen LogP contribution in [-0.2, 0) is 6.61 Å². The molecule has 1 atom stereocenters. The summed E-state index contributed by atoms with van der Waals surface area (Å²) in [5, 5.41) is 13.7. The third-order valence-corrected chi connectivity index (χ3v) is 6.02. The number of pyridine rings is 2. The zero-order valence-corrected chi connectivity index (χ0v) is 16.1. The molecule has 5 nitrogen and oxygen atoms in total. The Morgan fingerprint density at radius 3 is 2.67 bits per heavy atom. The van der Waals surface area contributed by atoms with Crippen LogP contribution in [0.4, 0.5) is 0 Å². The highest BCUT2D eigenvalue weighted by molar-refractivity contribution is 7.17. The highest BCUT2D eigenvalue weighted by Gasteiger charge is 2.18. The average molecular weight is 379 g/mol. The highest BCUT2D eigenvalue weighted by atomic mass is 32.1. The van der Waals surface area contributed by atoms with Crippen molar-refractivity contribution in [2.24, 2.45) is 5.73 Å². The van der Waals surface area contributed by atoms with E-state index in [1.165, 1.54) is 16.9 Å². The SMILES string of the molecule is Cc1nc(CO)c(-c2ccc([C@@H](C)CN)cc2)c2c1[nH]c(=O)c1sccc12. The van der Waals surface area contributed by atoms with Crippen molar-refractivity contribution in [2.75, 3.05) is 6.54 Å². The maximum Gasteiger partial charge on any atom is 0.266 e. The summed E-state index contributed by atoms with van der Waals surface area (Å²) in [6.45, 7) is 4.37. The minimum absolute atomic E-state index is 0.104. The Hall–Kier alpha value is -2.54. The van der Waals surface area contributed by atoms with E-state index in [4.69, 9.17) is 5.73 Å². The second-order valence-corrected chi connectivity index (χ2v) is 7.72. The number of nitrogens with two attached hydrogens (primary N) is 1. The van der Waals surface area contributed by atoms with Gasteiger partial charge in [0.15, 0.2) is 0 Å². The van der Waals surface area contributed by atoms with E-state index in [0.29, 0.717) is 22.6 Å². The van der Waals surface area contributed by atoms with E-state index in [9.17, 15) is 9.90 Å². The lowest BCUT2D eigenvalue weighted by Gasteiger charge is -2.15. The maximum atomic E-state index is 12.4. The smallest absolute Gasteiger partial charge is 0.266 e. The lowest BCUT2D eigenvalue weighted by Crippen LogP contribution is -2.09. The molecule has 27 heavy (non-hydrogen) atoms. The summed E-state index contributed by atoms with van der Waals surface area (Å²) in [5.41, 5.74) is 10.7. The summed E-state index contributed by atoms with van der Waals surface area (Å²) in [5.74, 6) is 0.282. The van der Waals surface area contributed by atoms with Gasteiger partial charge in [0, 0.05) is 16.3 Å². The van der Waals surface area contributed by atoms with Crippen LogP contribution in [0.25, 0.3) is 32.1 Å². The molecule has 0 bridgehead atoms. The maximum absolute atomic E-state index is 12.4. The Morgan fingerprint density at radius 2 is 2.00 bits per heavy atom. The third kappa shape index (κ3) is 2.86. The number of thiophene rings is 1. The molecule has 0 aliphatic carbocycles. The van der Waals surface area contributed by atoms with Gasteiger partial charge in [0.1, 0.15) is 4.70 Å². The summed E-state index contributed by atoms with van der Waals surface area (Å²) < 4.78 is 0.687. The molecule has 0 saturated carbocycles. The summed E-state index contributed by atoms with van der Waals surface area (Å²) in [6.07, 6.45) is 0. The van der Waals surface area contributed by atoms with Crippen LogP contribution in [0.1, 0.15) is 29.8 Å². The number of nitrogens with one attached hydrogen (secondary N) is 1. The Morgan fingerprint density at radius 1 is 1.26 bits per heavy atom. The first kappa shape index (κ1) is 17.9. The van der Waals surface area contributed by atoms with Gasteiger partial charge < -0.3 is 15.8 Å². The van der Waals surface area contributed by atoms with Crippen molar-refractivity contribution < 1.29 is 5.11 Å². The monoisotopic (exact) mass is 379 g/mol. The number of aliphatic hydroxyl groups excluding tert-OH is 1. The van der Waals surface area contributed by atoms with Crippen molar-refractivity contribution in [3.63, 3.8) is 0 Å². The van der Waals surface area contributed by atoms with Gasteiger partial charge in [0.2, 0.25) is 0 Å². The zero-order chi connectivity index (χ0) is 19.1. The van der Waals surface area contributed by atoms with Gasteiger partial charge in [0.25, 0.3) is 5.56 Å². The van der Waals surface area contributed by atoms with Crippen LogP contribution in [0.15, 0.2) is 40.5 Å². The number of rotatable bonds is 4. The largest absolute Gasteiger partial charge is 0.390 e. The molecular formula is C21H21N3O2S. The molecule has 3 heterocycles. The van der Waals surface area contributed by atoms with Gasteiger partial charge in [0.05, 0.1) is 23.5 Å². The molecule has 4 aromatic rings. The van der Waals surface area contributed by atoms with Gasteiger partial charge >= 0.3 is 0 Å². The summed E-state index contributed by atoms with van der Waals surface area (Å²) in [7, 11) is 0. The number of hydrogen-bond acceptors (Lipinski definition) is 5. The molecule has 3 aromatic heterocycles. The fourth-order valence-corrected chi connectivity index (χ4v) is 4.37. The molecule has 4 N–H and O–H groups in total. The van der Waals surface area contributed by atoms with Crippen LogP contribution in [0.3, 0.4) is 0 Å². The van der Waals surface area contributed by atoms with E-state index < -0.39 is 0 Å². The van der Waals surface area contributed by atoms with Gasteiger partial charge in [-0.05, 0) is 42.0 Å². The number of aryl methyl sites for hydroxylation is 1. The van der Waals surface area contributed by atoms with E-state index in [1.807, 2.05) is 30.5 Å². The molecule has 0 radical (unpaired) electrons. The third-order valence-electron chi connectivity index (χ3n) is 5.10. The second-order valence-electron chi connectivity index (χ2n) is 6.80. The number of aromatic nitrogens is 2. The molecule has 0 spiro atoms. The van der Waals surface area contributed by atoms with Gasteiger partial charge in [-0.1, -0.05) is 31.2 Å². The van der Waals surface area contributed by atoms with E-state index in [0.717, 1.165) is 27.4 Å². The van der Waals surface area contributed by atoms with Crippen LogP contribution in [0.2, 0.25) is 0 Å². The van der Waals surface area contributed by atoms with Crippen LogP contribution in [0, 0.1) is 6.92 Å². The normalized spacial score (nSPS) is 12.7. The first-order valence-electron chi connectivity index (χ1n) is 8.89. The average Bonchev–Trinajstić information content (AvgIpc) is 3.18. The molecule has 6 heteroatoms. The predicted molar refractivity (Wildman–Crippen MR) is 111 cm³/mol. The van der Waals surface area contributed by atoms with E-state index in [2.05, 4.69) is 29.0 Å². The Balaban J connectivity index is 2.08. The lowest BCUT2D eigenvalue weighted by atomic mass is 9.93. The van der Waals surface area contributed by atoms with E-state index in [1.54, 1.807) is 0 Å². The minimum Gasteiger partial charge on any atom is -0.390 e. The van der Waals surface area contributed by atoms with Gasteiger partial charge in [-0.2, -0.15) is 0 Å². The van der Waals surface area contributed by atoms with Crippen LogP contribution in [-0.4, -0.2) is 21.6 Å². The fourth-order valence-electron chi connectivity index (χ4n) is 3.58. The summed E-state index contributed by atoms with van der Waals surface area (Å²) in [4.78, 5) is 20.0. The van der Waals surface area contributed by atoms with Crippen molar-refractivity contribution in [1.29, 1.82) is 0 Å². The number of aromatic amines is 1. The number of aliphatic hydroxyl groups is 1. The number of hydrogen-bond donors (Lipinski definition) is 3. The molecule has 0 amide bonds. The highest BCUT2D eigenvalue weighted by Crippen LogP contribution is 2.37. The molecule has 138 valence electrons.